The van der Waals surface area contributed by atoms with Crippen molar-refractivity contribution in [1.82, 2.24) is 4.98 Å². The van der Waals surface area contributed by atoms with Crippen molar-refractivity contribution in [3.05, 3.63) is 30.1 Å². The summed E-state index contributed by atoms with van der Waals surface area (Å²) in [5, 5.41) is -0.774. The van der Waals surface area contributed by atoms with Crippen LogP contribution in [0.2, 0.25) is 0 Å². The van der Waals surface area contributed by atoms with Gasteiger partial charge in [-0.15, -0.1) is 11.6 Å². The zero-order valence-corrected chi connectivity index (χ0v) is 6.45. The van der Waals surface area contributed by atoms with Crippen LogP contribution in [0.3, 0.4) is 0 Å². The van der Waals surface area contributed by atoms with Crippen LogP contribution in [-0.4, -0.2) is 10.9 Å². The third kappa shape index (κ3) is 1.91. The summed E-state index contributed by atoms with van der Waals surface area (Å²) in [5.41, 5.74) is 5.60. The number of nitrogens with zero attached hydrogens (tertiary/aromatic N) is 1. The van der Waals surface area contributed by atoms with E-state index >= 15 is 0 Å². The summed E-state index contributed by atoms with van der Waals surface area (Å²) in [6.45, 7) is 0. The molecule has 0 aliphatic heterocycles. The SMILES string of the molecule is NC(=O)C(Cl)c1cccnc1. The lowest BCUT2D eigenvalue weighted by atomic mass is 10.2. The molecule has 1 aromatic rings. The maximum absolute atomic E-state index is 10.6. The smallest absolute Gasteiger partial charge is 0.240 e. The van der Waals surface area contributed by atoms with Gasteiger partial charge < -0.3 is 5.73 Å². The lowest BCUT2D eigenvalue weighted by molar-refractivity contribution is -0.117. The van der Waals surface area contributed by atoms with Gasteiger partial charge in [0.05, 0.1) is 0 Å². The van der Waals surface area contributed by atoms with Crippen molar-refractivity contribution >= 4 is 17.5 Å². The summed E-state index contributed by atoms with van der Waals surface area (Å²) in [4.78, 5) is 14.4. The molecular weight excluding hydrogens is 164 g/mol. The predicted octanol–water partition coefficient (Wildman–Crippen LogP) is 0.847. The van der Waals surface area contributed by atoms with E-state index in [0.717, 1.165) is 0 Å². The van der Waals surface area contributed by atoms with Crippen LogP contribution in [0.1, 0.15) is 10.9 Å². The van der Waals surface area contributed by atoms with Crippen LogP contribution in [0.25, 0.3) is 0 Å². The lowest BCUT2D eigenvalue weighted by Gasteiger charge is -2.02. The summed E-state index contributed by atoms with van der Waals surface area (Å²) in [7, 11) is 0. The van der Waals surface area contributed by atoms with Gasteiger partial charge in [0.1, 0.15) is 5.38 Å². The number of hydrogen-bond donors (Lipinski definition) is 1. The molecule has 0 aliphatic rings. The van der Waals surface area contributed by atoms with E-state index in [2.05, 4.69) is 4.98 Å². The van der Waals surface area contributed by atoms with Gasteiger partial charge >= 0.3 is 0 Å². The van der Waals surface area contributed by atoms with Gasteiger partial charge in [-0.3, -0.25) is 9.78 Å². The Kier molecular flexibility index (Phi) is 2.44. The predicted molar refractivity (Wildman–Crippen MR) is 42.0 cm³/mol. The first-order valence-corrected chi connectivity index (χ1v) is 3.49. The number of amides is 1. The van der Waals surface area contributed by atoms with Crippen LogP contribution in [0.15, 0.2) is 24.5 Å². The first kappa shape index (κ1) is 8.01. The third-order valence-corrected chi connectivity index (χ3v) is 1.69. The van der Waals surface area contributed by atoms with Gasteiger partial charge in [-0.1, -0.05) is 6.07 Å². The highest BCUT2D eigenvalue weighted by atomic mass is 35.5. The molecule has 3 nitrogen and oxygen atoms in total. The van der Waals surface area contributed by atoms with E-state index in [1.807, 2.05) is 0 Å². The van der Waals surface area contributed by atoms with E-state index < -0.39 is 11.3 Å². The number of primary amides is 1. The van der Waals surface area contributed by atoms with Crippen LogP contribution >= 0.6 is 11.6 Å². The second kappa shape index (κ2) is 3.34. The second-order valence-electron chi connectivity index (χ2n) is 2.05. The van der Waals surface area contributed by atoms with E-state index in [1.165, 1.54) is 6.20 Å². The zero-order valence-electron chi connectivity index (χ0n) is 5.70. The van der Waals surface area contributed by atoms with Crippen molar-refractivity contribution < 1.29 is 4.79 Å². The highest BCUT2D eigenvalue weighted by Gasteiger charge is 2.12. The molecule has 1 aromatic heterocycles. The van der Waals surface area contributed by atoms with E-state index in [9.17, 15) is 4.79 Å². The van der Waals surface area contributed by atoms with E-state index in [4.69, 9.17) is 17.3 Å². The van der Waals surface area contributed by atoms with Crippen molar-refractivity contribution in [2.75, 3.05) is 0 Å². The summed E-state index contributed by atoms with van der Waals surface area (Å²) in [6, 6.07) is 3.41. The monoisotopic (exact) mass is 170 g/mol. The molecule has 2 N–H and O–H groups in total. The van der Waals surface area contributed by atoms with Gasteiger partial charge in [0.2, 0.25) is 5.91 Å². The fourth-order valence-electron chi connectivity index (χ4n) is 0.690. The Morgan fingerprint density at radius 3 is 2.91 bits per heavy atom. The highest BCUT2D eigenvalue weighted by Crippen LogP contribution is 2.17. The van der Waals surface area contributed by atoms with Gasteiger partial charge in [-0.2, -0.15) is 0 Å². The molecule has 1 heterocycles. The number of carbonyl (C=O) groups excluding carboxylic acids is 1. The summed E-state index contributed by atoms with van der Waals surface area (Å²) in [5.74, 6) is -0.556. The molecular formula is C7H7ClN2O. The minimum Gasteiger partial charge on any atom is -0.368 e. The number of rotatable bonds is 2. The van der Waals surface area contributed by atoms with E-state index in [0.29, 0.717) is 5.56 Å². The van der Waals surface area contributed by atoms with Crippen LogP contribution < -0.4 is 5.73 Å². The van der Waals surface area contributed by atoms with Gasteiger partial charge in [0.25, 0.3) is 0 Å². The molecule has 0 aromatic carbocycles. The Balaban J connectivity index is 2.85. The van der Waals surface area contributed by atoms with Crippen LogP contribution in [0.5, 0.6) is 0 Å². The van der Waals surface area contributed by atoms with Gasteiger partial charge in [-0.25, -0.2) is 0 Å². The number of pyridine rings is 1. The van der Waals surface area contributed by atoms with Crippen molar-refractivity contribution in [3.8, 4) is 0 Å². The molecule has 1 amide bonds. The zero-order chi connectivity index (χ0) is 8.27. The molecule has 0 bridgehead atoms. The lowest BCUT2D eigenvalue weighted by Crippen LogP contribution is -2.16. The molecule has 0 radical (unpaired) electrons. The average Bonchev–Trinajstić information content (AvgIpc) is 2.05. The Hall–Kier alpha value is -1.09. The molecule has 1 atom stereocenters. The molecule has 0 fully saturated rings. The molecule has 0 spiro atoms. The first-order chi connectivity index (χ1) is 5.22. The van der Waals surface area contributed by atoms with Crippen molar-refractivity contribution in [3.63, 3.8) is 0 Å². The third-order valence-electron chi connectivity index (χ3n) is 1.23. The molecule has 0 saturated heterocycles. The highest BCUT2D eigenvalue weighted by molar-refractivity contribution is 6.30. The fraction of sp³-hybridized carbons (Fsp3) is 0.143. The number of aromatic nitrogens is 1. The molecule has 1 unspecified atom stereocenters. The Morgan fingerprint density at radius 1 is 1.73 bits per heavy atom. The molecule has 11 heavy (non-hydrogen) atoms. The Bertz CT molecular complexity index is 250. The van der Waals surface area contributed by atoms with Crippen LogP contribution in [-0.2, 0) is 4.79 Å². The minimum absolute atomic E-state index is 0.556. The Morgan fingerprint density at radius 2 is 2.45 bits per heavy atom. The standard InChI is InChI=1S/C7H7ClN2O/c8-6(7(9)11)5-2-1-3-10-4-5/h1-4,6H,(H2,9,11). The number of carbonyl (C=O) groups is 1. The maximum atomic E-state index is 10.6. The topological polar surface area (TPSA) is 56.0 Å². The molecule has 1 rings (SSSR count). The van der Waals surface area contributed by atoms with E-state index in [-0.39, 0.29) is 0 Å². The maximum Gasteiger partial charge on any atom is 0.240 e. The van der Waals surface area contributed by atoms with Crippen LogP contribution in [0.4, 0.5) is 0 Å². The Labute approximate surface area is 69.2 Å². The summed E-state index contributed by atoms with van der Waals surface area (Å²) < 4.78 is 0. The van der Waals surface area contributed by atoms with Gasteiger partial charge in [-0.05, 0) is 11.6 Å². The molecule has 0 saturated carbocycles. The molecule has 58 valence electrons. The number of hydrogen-bond acceptors (Lipinski definition) is 2. The van der Waals surface area contributed by atoms with Gasteiger partial charge in [0, 0.05) is 12.4 Å². The number of halogens is 1. The summed E-state index contributed by atoms with van der Waals surface area (Å²) in [6.07, 6.45) is 3.12. The second-order valence-corrected chi connectivity index (χ2v) is 2.49. The molecule has 0 aliphatic carbocycles. The van der Waals surface area contributed by atoms with E-state index in [1.54, 1.807) is 18.3 Å². The van der Waals surface area contributed by atoms with Crippen molar-refractivity contribution in [1.29, 1.82) is 0 Å². The quantitative estimate of drug-likeness (QED) is 0.669. The molecule has 4 heteroatoms. The van der Waals surface area contributed by atoms with Gasteiger partial charge in [0.15, 0.2) is 0 Å². The van der Waals surface area contributed by atoms with Crippen molar-refractivity contribution in [2.24, 2.45) is 5.73 Å². The first-order valence-electron chi connectivity index (χ1n) is 3.05. The average molecular weight is 171 g/mol. The number of nitrogens with two attached hydrogens (primary N) is 1. The van der Waals surface area contributed by atoms with Crippen molar-refractivity contribution in [2.45, 2.75) is 5.38 Å². The number of alkyl halides is 1. The summed E-state index contributed by atoms with van der Waals surface area (Å²) >= 11 is 5.63. The van der Waals surface area contributed by atoms with Crippen LogP contribution in [0, 0.1) is 0 Å². The normalized spacial score (nSPS) is 12.5. The fourth-order valence-corrected chi connectivity index (χ4v) is 0.819. The largest absolute Gasteiger partial charge is 0.368 e. The minimum atomic E-state index is -0.774.